The molecule has 1 fully saturated rings. The van der Waals surface area contributed by atoms with Gasteiger partial charge in [0, 0.05) is 18.5 Å². The van der Waals surface area contributed by atoms with Gasteiger partial charge >= 0.3 is 0 Å². The largest absolute Gasteiger partial charge is 0.324 e. The molecule has 1 aromatic rings. The van der Waals surface area contributed by atoms with E-state index < -0.39 is 27.9 Å². The fourth-order valence-electron chi connectivity index (χ4n) is 3.68. The summed E-state index contributed by atoms with van der Waals surface area (Å²) in [6.45, 7) is 4.64. The summed E-state index contributed by atoms with van der Waals surface area (Å²) in [6.07, 6.45) is 2.68. The topological polar surface area (TPSA) is 90.9 Å². The summed E-state index contributed by atoms with van der Waals surface area (Å²) in [5.41, 5.74) is 0.720. The minimum atomic E-state index is -3.74. The second-order valence-corrected chi connectivity index (χ2v) is 10.3. The molecule has 0 saturated carbocycles. The van der Waals surface area contributed by atoms with Gasteiger partial charge in [0.15, 0.2) is 0 Å². The molecule has 10 heteroatoms. The standard InChI is InChI=1S/C17H24N4O4S2/c1-10(2)14-15-12(21(17(14)23)27(5,24)25)6-7-20(15)16(22)11-9-26-13(18-11)8-19(3)4/h6,9-10,14-15H,7-8H2,1-5H3/t14-,15+/m0/s1. The minimum absolute atomic E-state index is 0.106. The summed E-state index contributed by atoms with van der Waals surface area (Å²) < 4.78 is 25.2. The molecule has 0 radical (unpaired) electrons. The van der Waals surface area contributed by atoms with Crippen LogP contribution in [0.5, 0.6) is 0 Å². The molecule has 3 heterocycles. The maximum atomic E-state index is 13.1. The Hall–Kier alpha value is -1.78. The van der Waals surface area contributed by atoms with Crippen LogP contribution in [0.2, 0.25) is 0 Å². The predicted molar refractivity (Wildman–Crippen MR) is 102 cm³/mol. The third-order valence-electron chi connectivity index (χ3n) is 4.73. The maximum Gasteiger partial charge on any atom is 0.274 e. The van der Waals surface area contributed by atoms with E-state index in [-0.39, 0.29) is 18.4 Å². The van der Waals surface area contributed by atoms with Crippen LogP contribution < -0.4 is 0 Å². The Bertz CT molecular complexity index is 904. The summed E-state index contributed by atoms with van der Waals surface area (Å²) in [6, 6.07) is -0.571. The first kappa shape index (κ1) is 20.0. The van der Waals surface area contributed by atoms with Gasteiger partial charge in [-0.25, -0.2) is 17.7 Å². The monoisotopic (exact) mass is 412 g/mol. The zero-order valence-corrected chi connectivity index (χ0v) is 17.7. The predicted octanol–water partition coefficient (Wildman–Crippen LogP) is 0.987. The summed E-state index contributed by atoms with van der Waals surface area (Å²) in [5, 5.41) is 2.55. The van der Waals surface area contributed by atoms with Crippen molar-refractivity contribution >= 4 is 33.2 Å². The molecule has 8 nitrogen and oxygen atoms in total. The van der Waals surface area contributed by atoms with Crippen LogP contribution in [0.25, 0.3) is 0 Å². The number of amides is 2. The van der Waals surface area contributed by atoms with Gasteiger partial charge in [0.25, 0.3) is 5.91 Å². The Morgan fingerprint density at radius 2 is 2.07 bits per heavy atom. The Labute approximate surface area is 163 Å². The Kier molecular flexibility index (Phi) is 5.17. The van der Waals surface area contributed by atoms with Crippen LogP contribution >= 0.6 is 11.3 Å². The number of fused-ring (bicyclic) bond motifs is 1. The van der Waals surface area contributed by atoms with Crippen molar-refractivity contribution < 1.29 is 18.0 Å². The summed E-state index contributed by atoms with van der Waals surface area (Å²) in [5.74, 6) is -1.43. The number of thiazole rings is 1. The number of nitrogens with zero attached hydrogens (tertiary/aromatic N) is 4. The lowest BCUT2D eigenvalue weighted by Crippen LogP contribution is -2.43. The second-order valence-electron chi connectivity index (χ2n) is 7.53. The highest BCUT2D eigenvalue weighted by molar-refractivity contribution is 7.89. The van der Waals surface area contributed by atoms with Gasteiger partial charge in [0.1, 0.15) is 10.7 Å². The molecule has 0 spiro atoms. The third-order valence-corrected chi connectivity index (χ3v) is 6.62. The van der Waals surface area contributed by atoms with Crippen molar-refractivity contribution in [2.24, 2.45) is 11.8 Å². The number of hydrogen-bond acceptors (Lipinski definition) is 7. The second kappa shape index (κ2) is 6.99. The lowest BCUT2D eigenvalue weighted by Gasteiger charge is -2.28. The molecule has 27 heavy (non-hydrogen) atoms. The van der Waals surface area contributed by atoms with Crippen molar-refractivity contribution in [2.75, 3.05) is 26.9 Å². The average molecular weight is 413 g/mol. The fraction of sp³-hybridized carbons (Fsp3) is 0.588. The molecule has 1 saturated heterocycles. The van der Waals surface area contributed by atoms with E-state index in [4.69, 9.17) is 0 Å². The van der Waals surface area contributed by atoms with Gasteiger partial charge in [0.2, 0.25) is 15.9 Å². The summed E-state index contributed by atoms with van der Waals surface area (Å²) in [4.78, 5) is 33.8. The van der Waals surface area contributed by atoms with E-state index >= 15 is 0 Å². The normalized spacial score (nSPS) is 22.8. The molecule has 0 aliphatic carbocycles. The van der Waals surface area contributed by atoms with Crippen LogP contribution in [0.3, 0.4) is 0 Å². The number of carbonyl (C=O) groups excluding carboxylic acids is 2. The zero-order chi connectivity index (χ0) is 20.1. The van der Waals surface area contributed by atoms with E-state index in [0.717, 1.165) is 15.6 Å². The van der Waals surface area contributed by atoms with E-state index in [1.54, 1.807) is 16.4 Å². The number of hydrogen-bond donors (Lipinski definition) is 0. The van der Waals surface area contributed by atoms with Crippen LogP contribution in [0, 0.1) is 11.8 Å². The van der Waals surface area contributed by atoms with Gasteiger partial charge in [-0.15, -0.1) is 11.3 Å². The molecule has 0 bridgehead atoms. The number of carbonyl (C=O) groups is 2. The summed E-state index contributed by atoms with van der Waals surface area (Å²) >= 11 is 1.41. The molecular weight excluding hydrogens is 388 g/mol. The highest BCUT2D eigenvalue weighted by atomic mass is 32.2. The molecule has 1 aromatic heterocycles. The van der Waals surface area contributed by atoms with Crippen LogP contribution in [-0.4, -0.2) is 72.3 Å². The molecule has 3 rings (SSSR count). The van der Waals surface area contributed by atoms with E-state index in [0.29, 0.717) is 17.9 Å². The zero-order valence-electron chi connectivity index (χ0n) is 16.0. The van der Waals surface area contributed by atoms with Crippen LogP contribution in [0.4, 0.5) is 0 Å². The molecular formula is C17H24N4O4S2. The number of aromatic nitrogens is 1. The van der Waals surface area contributed by atoms with Crippen molar-refractivity contribution in [1.82, 2.24) is 19.1 Å². The first-order valence-electron chi connectivity index (χ1n) is 8.66. The van der Waals surface area contributed by atoms with Gasteiger partial charge in [-0.3, -0.25) is 9.59 Å². The maximum absolute atomic E-state index is 13.1. The Morgan fingerprint density at radius 3 is 2.63 bits per heavy atom. The third kappa shape index (κ3) is 3.53. The molecule has 148 valence electrons. The minimum Gasteiger partial charge on any atom is -0.324 e. The van der Waals surface area contributed by atoms with Crippen molar-refractivity contribution in [1.29, 1.82) is 0 Å². The smallest absolute Gasteiger partial charge is 0.274 e. The van der Waals surface area contributed by atoms with E-state index in [9.17, 15) is 18.0 Å². The lowest BCUT2D eigenvalue weighted by atomic mass is 9.89. The Morgan fingerprint density at radius 1 is 1.41 bits per heavy atom. The van der Waals surface area contributed by atoms with Gasteiger partial charge < -0.3 is 9.80 Å². The molecule has 2 amide bonds. The first-order chi connectivity index (χ1) is 12.5. The Balaban J connectivity index is 1.92. The fourth-order valence-corrected chi connectivity index (χ4v) is 5.58. The van der Waals surface area contributed by atoms with Crippen LogP contribution in [0.1, 0.15) is 29.3 Å². The quantitative estimate of drug-likeness (QED) is 0.716. The highest BCUT2D eigenvalue weighted by Gasteiger charge is 2.54. The van der Waals surface area contributed by atoms with E-state index in [1.807, 2.05) is 32.8 Å². The van der Waals surface area contributed by atoms with Gasteiger partial charge in [-0.1, -0.05) is 13.8 Å². The van der Waals surface area contributed by atoms with Gasteiger partial charge in [-0.2, -0.15) is 0 Å². The number of sulfonamides is 1. The molecule has 2 aliphatic heterocycles. The van der Waals surface area contributed by atoms with Gasteiger partial charge in [-0.05, 0) is 26.1 Å². The van der Waals surface area contributed by atoms with E-state index in [1.165, 1.54) is 11.3 Å². The summed E-state index contributed by atoms with van der Waals surface area (Å²) in [7, 11) is 0.118. The molecule has 2 aliphatic rings. The van der Waals surface area contributed by atoms with Crippen LogP contribution in [0.15, 0.2) is 17.2 Å². The van der Waals surface area contributed by atoms with Gasteiger partial charge in [0.05, 0.1) is 23.9 Å². The number of rotatable bonds is 5. The highest BCUT2D eigenvalue weighted by Crippen LogP contribution is 2.41. The SMILES string of the molecule is CC(C)[C@@H]1C(=O)N(S(C)(=O)=O)C2=CCN(C(=O)c3csc(CN(C)C)n3)[C@H]21. The lowest BCUT2D eigenvalue weighted by molar-refractivity contribution is -0.128. The molecule has 2 atom stereocenters. The molecule has 0 N–H and O–H groups in total. The molecule has 0 unspecified atom stereocenters. The van der Waals surface area contributed by atoms with Crippen molar-refractivity contribution in [2.45, 2.75) is 26.4 Å². The average Bonchev–Trinajstić information content (AvgIpc) is 3.18. The van der Waals surface area contributed by atoms with Crippen molar-refractivity contribution in [3.05, 3.63) is 27.9 Å². The first-order valence-corrected chi connectivity index (χ1v) is 11.4. The van der Waals surface area contributed by atoms with E-state index in [2.05, 4.69) is 4.98 Å². The molecule has 0 aromatic carbocycles. The van der Waals surface area contributed by atoms with Crippen molar-refractivity contribution in [3.63, 3.8) is 0 Å². The van der Waals surface area contributed by atoms with Crippen molar-refractivity contribution in [3.8, 4) is 0 Å². The van der Waals surface area contributed by atoms with Crippen LogP contribution in [-0.2, 0) is 21.4 Å².